The zero-order chi connectivity index (χ0) is 63.5. The normalized spacial score (nSPS) is 18.8. The molecule has 1 rings (SSSR count). The summed E-state index contributed by atoms with van der Waals surface area (Å²) in [7, 11) is 0. The molecule has 1 amide bonds. The molecule has 9 heteroatoms. The number of unbranched alkanes of at least 4 members (excludes halogenated alkanes) is 29. The van der Waals surface area contributed by atoms with Gasteiger partial charge in [-0.25, -0.2) is 0 Å². The molecule has 0 aromatic rings. The molecule has 1 saturated heterocycles. The lowest BCUT2D eigenvalue weighted by molar-refractivity contribution is -0.302. The Morgan fingerprint density at radius 3 is 1.09 bits per heavy atom. The van der Waals surface area contributed by atoms with Crippen molar-refractivity contribution in [2.45, 2.75) is 333 Å². The van der Waals surface area contributed by atoms with E-state index >= 15 is 0 Å². The highest BCUT2D eigenvalue weighted by molar-refractivity contribution is 5.76. The average molecular weight is 1220 g/mol. The summed E-state index contributed by atoms with van der Waals surface area (Å²) in [6.07, 6.45) is 95.2. The molecule has 7 unspecified atom stereocenters. The maximum Gasteiger partial charge on any atom is 0.220 e. The van der Waals surface area contributed by atoms with Crippen LogP contribution in [0.1, 0.15) is 290 Å². The standard InChI is InChI=1S/C79H133NO8/c1-3-5-7-9-11-13-15-17-19-21-23-25-27-29-31-33-34-35-36-37-38-39-40-41-43-45-47-49-51-53-55-57-59-61-63-65-67-69-75(83)80-72(71-87-79-78(86)77(85)76(84)74(70-81)88-79)73(82)68-66-64-62-60-58-56-54-52-50-48-46-44-42-32-30-28-26-24-22-20-18-16-14-12-10-8-6-4-2/h5,7,11,13,17,19,23,25,29,31,34-35,37-38,40-41,45,47,51,53,58,60,66,68,72-74,76-79,81-82,84-86H,3-4,6,8-10,12,14-16,18,20-22,24,26-28,30,32-33,36,39,42-44,46,48-50,52,54-57,59,61-65,67,69-71H2,1-2H3,(H,80,83)/b7-5-,13-11-,19-17-,25-23-,31-29-,35-34-,38-37-,41-40-,47-45-,53-51-,60-58+,68-66+. The van der Waals surface area contributed by atoms with Gasteiger partial charge < -0.3 is 40.3 Å². The van der Waals surface area contributed by atoms with Crippen molar-refractivity contribution in [2.75, 3.05) is 13.2 Å². The van der Waals surface area contributed by atoms with Crippen molar-refractivity contribution < 1.29 is 39.8 Å². The lowest BCUT2D eigenvalue weighted by Gasteiger charge is -2.40. The van der Waals surface area contributed by atoms with E-state index in [0.29, 0.717) is 6.42 Å². The van der Waals surface area contributed by atoms with Gasteiger partial charge in [0, 0.05) is 6.42 Å². The summed E-state index contributed by atoms with van der Waals surface area (Å²) in [5, 5.41) is 54.8. The molecule has 1 heterocycles. The maximum absolute atomic E-state index is 13.1. The van der Waals surface area contributed by atoms with Crippen LogP contribution in [-0.4, -0.2) is 87.5 Å². The fraction of sp³-hybridized carbons (Fsp3) is 0.684. The van der Waals surface area contributed by atoms with Crippen LogP contribution in [0, 0.1) is 0 Å². The lowest BCUT2D eigenvalue weighted by Crippen LogP contribution is -2.60. The van der Waals surface area contributed by atoms with Crippen LogP contribution in [0.25, 0.3) is 0 Å². The van der Waals surface area contributed by atoms with E-state index < -0.39 is 49.5 Å². The zero-order valence-corrected chi connectivity index (χ0v) is 56.2. The van der Waals surface area contributed by atoms with Crippen molar-refractivity contribution in [3.8, 4) is 0 Å². The van der Waals surface area contributed by atoms with E-state index in [4.69, 9.17) is 9.47 Å². The monoisotopic (exact) mass is 1220 g/mol. The van der Waals surface area contributed by atoms with Gasteiger partial charge in [-0.1, -0.05) is 320 Å². The van der Waals surface area contributed by atoms with E-state index in [1.165, 1.54) is 141 Å². The second-order valence-electron chi connectivity index (χ2n) is 24.3. The predicted octanol–water partition coefficient (Wildman–Crippen LogP) is 20.1. The summed E-state index contributed by atoms with van der Waals surface area (Å²) in [4.78, 5) is 13.1. The first kappa shape index (κ1) is 82.1. The SMILES string of the molecule is CC/C=C\C/C=C\C/C=C\C/C=C\C/C=C\C/C=C\C/C=C\C/C=C\C/C=C\C/C=C\CCCCCCCCC(=O)NC(COC1OC(CO)C(O)C(O)C1O)C(O)/C=C/CC/C=C/CCCCCCCCCCCCCCCCCCCCCCCC. The van der Waals surface area contributed by atoms with Crippen molar-refractivity contribution in [1.29, 1.82) is 0 Å². The molecule has 0 aromatic carbocycles. The van der Waals surface area contributed by atoms with Gasteiger partial charge in [0.1, 0.15) is 24.4 Å². The number of hydrogen-bond donors (Lipinski definition) is 6. The van der Waals surface area contributed by atoms with Gasteiger partial charge in [0.25, 0.3) is 0 Å². The number of rotatable bonds is 61. The van der Waals surface area contributed by atoms with Crippen molar-refractivity contribution in [3.05, 3.63) is 146 Å². The third-order valence-electron chi connectivity index (χ3n) is 16.1. The second-order valence-corrected chi connectivity index (χ2v) is 24.3. The molecular weight excluding hydrogens is 1090 g/mol. The number of ether oxygens (including phenoxy) is 2. The molecule has 0 aliphatic carbocycles. The van der Waals surface area contributed by atoms with Gasteiger partial charge in [-0.2, -0.15) is 0 Å². The molecule has 7 atom stereocenters. The van der Waals surface area contributed by atoms with E-state index in [0.717, 1.165) is 128 Å². The van der Waals surface area contributed by atoms with Gasteiger partial charge in [0.05, 0.1) is 25.4 Å². The first-order valence-corrected chi connectivity index (χ1v) is 36.1. The Morgan fingerprint density at radius 2 is 0.716 bits per heavy atom. The highest BCUT2D eigenvalue weighted by Gasteiger charge is 2.44. The third-order valence-corrected chi connectivity index (χ3v) is 16.1. The van der Waals surface area contributed by atoms with E-state index in [2.05, 4.69) is 153 Å². The molecule has 0 aromatic heterocycles. The van der Waals surface area contributed by atoms with E-state index in [1.807, 2.05) is 6.08 Å². The highest BCUT2D eigenvalue weighted by Crippen LogP contribution is 2.23. The molecule has 1 aliphatic heterocycles. The van der Waals surface area contributed by atoms with Crippen LogP contribution in [0.15, 0.2) is 146 Å². The topological polar surface area (TPSA) is 149 Å². The van der Waals surface area contributed by atoms with Crippen LogP contribution in [0.4, 0.5) is 0 Å². The van der Waals surface area contributed by atoms with Crippen LogP contribution in [-0.2, 0) is 14.3 Å². The number of aliphatic hydroxyl groups is 5. The number of hydrogen-bond acceptors (Lipinski definition) is 8. The molecule has 9 nitrogen and oxygen atoms in total. The molecule has 0 spiro atoms. The van der Waals surface area contributed by atoms with Crippen molar-refractivity contribution in [1.82, 2.24) is 5.32 Å². The summed E-state index contributed by atoms with van der Waals surface area (Å²) in [5.74, 6) is -0.205. The quantitative estimate of drug-likeness (QED) is 0.0261. The molecule has 1 aliphatic rings. The van der Waals surface area contributed by atoms with Gasteiger partial charge in [-0.3, -0.25) is 4.79 Å². The lowest BCUT2D eigenvalue weighted by atomic mass is 9.99. The summed E-state index contributed by atoms with van der Waals surface area (Å²) >= 11 is 0. The Labute approximate surface area is 540 Å². The first-order valence-electron chi connectivity index (χ1n) is 36.1. The largest absolute Gasteiger partial charge is 0.394 e. The Kier molecular flexibility index (Phi) is 61.6. The van der Waals surface area contributed by atoms with Crippen molar-refractivity contribution >= 4 is 5.91 Å². The zero-order valence-electron chi connectivity index (χ0n) is 56.2. The molecule has 0 radical (unpaired) electrons. The van der Waals surface area contributed by atoms with Crippen LogP contribution in [0.2, 0.25) is 0 Å². The predicted molar refractivity (Wildman–Crippen MR) is 377 cm³/mol. The van der Waals surface area contributed by atoms with E-state index in [9.17, 15) is 30.3 Å². The molecular formula is C79H133NO8. The molecule has 6 N–H and O–H groups in total. The fourth-order valence-corrected chi connectivity index (χ4v) is 10.6. The molecule has 502 valence electrons. The molecule has 0 saturated carbocycles. The summed E-state index contributed by atoms with van der Waals surface area (Å²) < 4.78 is 11.3. The van der Waals surface area contributed by atoms with Gasteiger partial charge in [0.15, 0.2) is 6.29 Å². The van der Waals surface area contributed by atoms with Gasteiger partial charge in [0.2, 0.25) is 5.91 Å². The minimum atomic E-state index is -1.59. The number of carbonyl (C=O) groups excluding carboxylic acids is 1. The Hall–Kier alpha value is -3.93. The Bertz CT molecular complexity index is 1900. The fourth-order valence-electron chi connectivity index (χ4n) is 10.6. The third kappa shape index (κ3) is 53.9. The minimum absolute atomic E-state index is 0.205. The maximum atomic E-state index is 13.1. The van der Waals surface area contributed by atoms with Gasteiger partial charge in [-0.05, 0) is 109 Å². The average Bonchev–Trinajstić information content (AvgIpc) is 3.29. The number of carbonyl (C=O) groups is 1. The van der Waals surface area contributed by atoms with Gasteiger partial charge >= 0.3 is 0 Å². The number of allylic oxidation sites excluding steroid dienone is 23. The summed E-state index contributed by atoms with van der Waals surface area (Å²) in [5.41, 5.74) is 0. The Morgan fingerprint density at radius 1 is 0.398 bits per heavy atom. The summed E-state index contributed by atoms with van der Waals surface area (Å²) in [6, 6.07) is -0.843. The second kappa shape index (κ2) is 66.0. The minimum Gasteiger partial charge on any atom is -0.394 e. The number of amides is 1. The van der Waals surface area contributed by atoms with Crippen molar-refractivity contribution in [2.24, 2.45) is 0 Å². The molecule has 0 bridgehead atoms. The van der Waals surface area contributed by atoms with Crippen LogP contribution in [0.3, 0.4) is 0 Å². The number of nitrogens with one attached hydrogen (secondary N) is 1. The molecule has 1 fully saturated rings. The van der Waals surface area contributed by atoms with E-state index in [1.54, 1.807) is 6.08 Å². The van der Waals surface area contributed by atoms with E-state index in [-0.39, 0.29) is 12.5 Å². The highest BCUT2D eigenvalue weighted by atomic mass is 16.7. The van der Waals surface area contributed by atoms with Crippen LogP contribution < -0.4 is 5.32 Å². The summed E-state index contributed by atoms with van der Waals surface area (Å²) in [6.45, 7) is 3.66. The Balaban J connectivity index is 2.20. The number of aliphatic hydroxyl groups excluding tert-OH is 5. The first-order chi connectivity index (χ1) is 43.3. The smallest absolute Gasteiger partial charge is 0.220 e. The van der Waals surface area contributed by atoms with Crippen LogP contribution in [0.5, 0.6) is 0 Å². The van der Waals surface area contributed by atoms with Crippen LogP contribution >= 0.6 is 0 Å². The van der Waals surface area contributed by atoms with Gasteiger partial charge in [-0.15, -0.1) is 0 Å². The van der Waals surface area contributed by atoms with Crippen molar-refractivity contribution in [3.63, 3.8) is 0 Å². The molecule has 88 heavy (non-hydrogen) atoms.